The third-order valence-corrected chi connectivity index (χ3v) is 3.14. The van der Waals surface area contributed by atoms with Crippen molar-refractivity contribution in [3.05, 3.63) is 0 Å². The molecule has 0 aromatic heterocycles. The molecule has 2 aliphatic heterocycles. The highest BCUT2D eigenvalue weighted by molar-refractivity contribution is 5.82. The van der Waals surface area contributed by atoms with E-state index in [9.17, 15) is 4.79 Å². The zero-order valence-electron chi connectivity index (χ0n) is 9.21. The maximum atomic E-state index is 12.1. The van der Waals surface area contributed by atoms with E-state index < -0.39 is 0 Å². The van der Waals surface area contributed by atoms with E-state index in [0.29, 0.717) is 6.61 Å². The zero-order chi connectivity index (χ0) is 10.5. The van der Waals surface area contributed by atoms with Gasteiger partial charge in [-0.25, -0.2) is 0 Å². The molecule has 1 atom stereocenters. The lowest BCUT2D eigenvalue weighted by molar-refractivity contribution is -0.136. The quantitative estimate of drug-likeness (QED) is 0.683. The van der Waals surface area contributed by atoms with Crippen molar-refractivity contribution in [2.75, 3.05) is 32.8 Å². The summed E-state index contributed by atoms with van der Waals surface area (Å²) in [5.74, 6) is 0.233. The first kappa shape index (κ1) is 10.9. The first-order valence-electron chi connectivity index (χ1n) is 5.98. The van der Waals surface area contributed by atoms with Crippen molar-refractivity contribution < 1.29 is 9.53 Å². The molecule has 2 aliphatic rings. The van der Waals surface area contributed by atoms with Gasteiger partial charge in [0.05, 0.1) is 13.2 Å². The first-order chi connectivity index (χ1) is 7.38. The Labute approximate surface area is 91.0 Å². The molecule has 2 heterocycles. The number of carbonyl (C=O) groups excluding carboxylic acids is 1. The van der Waals surface area contributed by atoms with Gasteiger partial charge >= 0.3 is 0 Å². The number of carbonyl (C=O) groups is 1. The van der Waals surface area contributed by atoms with Gasteiger partial charge in [-0.05, 0) is 12.8 Å². The Hall–Kier alpha value is -0.610. The van der Waals surface area contributed by atoms with Crippen LogP contribution in [0.2, 0.25) is 0 Å². The number of hydrogen-bond acceptors (Lipinski definition) is 3. The van der Waals surface area contributed by atoms with Crippen LogP contribution in [0.5, 0.6) is 0 Å². The van der Waals surface area contributed by atoms with Crippen molar-refractivity contribution in [2.45, 2.75) is 31.7 Å². The van der Waals surface area contributed by atoms with Gasteiger partial charge in [-0.3, -0.25) is 4.79 Å². The van der Waals surface area contributed by atoms with Crippen LogP contribution in [0.4, 0.5) is 0 Å². The van der Waals surface area contributed by atoms with E-state index in [1.54, 1.807) is 0 Å². The average Bonchev–Trinajstić information content (AvgIpc) is 2.58. The number of nitrogens with zero attached hydrogens (tertiary/aromatic N) is 1. The lowest BCUT2D eigenvalue weighted by Gasteiger charge is -2.29. The molecule has 1 N–H and O–H groups in total. The molecule has 4 nitrogen and oxygen atoms in total. The standard InChI is InChI=1S/C11H20N2O2/c14-11(10-9-15-8-5-12-10)13-6-3-1-2-4-7-13/h10,12H,1-9H2/t10-/m0/s1. The van der Waals surface area contributed by atoms with Gasteiger partial charge in [0.1, 0.15) is 6.04 Å². The van der Waals surface area contributed by atoms with Gasteiger partial charge in [0, 0.05) is 19.6 Å². The van der Waals surface area contributed by atoms with Gasteiger partial charge in [-0.1, -0.05) is 12.8 Å². The van der Waals surface area contributed by atoms with Crippen LogP contribution in [0, 0.1) is 0 Å². The van der Waals surface area contributed by atoms with Crippen molar-refractivity contribution in [3.8, 4) is 0 Å². The van der Waals surface area contributed by atoms with E-state index in [2.05, 4.69) is 5.32 Å². The Morgan fingerprint density at radius 3 is 2.53 bits per heavy atom. The second kappa shape index (κ2) is 5.47. The van der Waals surface area contributed by atoms with Crippen LogP contribution in [0.15, 0.2) is 0 Å². The van der Waals surface area contributed by atoms with Crippen LogP contribution in [0.3, 0.4) is 0 Å². The molecular formula is C11H20N2O2. The van der Waals surface area contributed by atoms with E-state index in [0.717, 1.165) is 39.1 Å². The molecule has 2 saturated heterocycles. The van der Waals surface area contributed by atoms with Gasteiger partial charge in [0.25, 0.3) is 0 Å². The van der Waals surface area contributed by atoms with Crippen molar-refractivity contribution in [2.24, 2.45) is 0 Å². The third kappa shape index (κ3) is 2.92. The lowest BCUT2D eigenvalue weighted by Crippen LogP contribution is -2.52. The molecule has 2 fully saturated rings. The number of ether oxygens (including phenoxy) is 1. The van der Waals surface area contributed by atoms with E-state index in [1.807, 2.05) is 4.90 Å². The monoisotopic (exact) mass is 212 g/mol. The van der Waals surface area contributed by atoms with Crippen LogP contribution in [-0.4, -0.2) is 49.7 Å². The molecule has 0 bridgehead atoms. The lowest BCUT2D eigenvalue weighted by atomic mass is 10.2. The third-order valence-electron chi connectivity index (χ3n) is 3.14. The second-order valence-corrected chi connectivity index (χ2v) is 4.32. The van der Waals surface area contributed by atoms with Gasteiger partial charge < -0.3 is 15.0 Å². The van der Waals surface area contributed by atoms with E-state index in [4.69, 9.17) is 4.74 Å². The second-order valence-electron chi connectivity index (χ2n) is 4.32. The number of amides is 1. The summed E-state index contributed by atoms with van der Waals surface area (Å²) in [5.41, 5.74) is 0. The average molecular weight is 212 g/mol. The SMILES string of the molecule is O=C([C@@H]1COCCN1)N1CCCCCC1. The summed E-state index contributed by atoms with van der Waals surface area (Å²) >= 11 is 0. The van der Waals surface area contributed by atoms with Gasteiger partial charge in [0.15, 0.2) is 0 Å². The molecule has 0 spiro atoms. The molecule has 15 heavy (non-hydrogen) atoms. The molecule has 2 rings (SSSR count). The minimum absolute atomic E-state index is 0.100. The summed E-state index contributed by atoms with van der Waals surface area (Å²) in [6, 6.07) is -0.100. The highest BCUT2D eigenvalue weighted by atomic mass is 16.5. The van der Waals surface area contributed by atoms with Crippen LogP contribution in [0.1, 0.15) is 25.7 Å². The number of hydrogen-bond donors (Lipinski definition) is 1. The fourth-order valence-electron chi connectivity index (χ4n) is 2.24. The Morgan fingerprint density at radius 2 is 1.93 bits per heavy atom. The van der Waals surface area contributed by atoms with Crippen LogP contribution >= 0.6 is 0 Å². The van der Waals surface area contributed by atoms with E-state index in [1.165, 1.54) is 12.8 Å². The molecular weight excluding hydrogens is 192 g/mol. The molecule has 0 aromatic rings. The molecule has 0 radical (unpaired) electrons. The maximum absolute atomic E-state index is 12.1. The first-order valence-corrected chi connectivity index (χ1v) is 5.98. The summed E-state index contributed by atoms with van der Waals surface area (Å²) < 4.78 is 5.32. The summed E-state index contributed by atoms with van der Waals surface area (Å²) in [6.45, 7) is 3.91. The maximum Gasteiger partial charge on any atom is 0.242 e. The molecule has 0 aliphatic carbocycles. The molecule has 4 heteroatoms. The van der Waals surface area contributed by atoms with E-state index >= 15 is 0 Å². The Bertz CT molecular complexity index is 207. The van der Waals surface area contributed by atoms with Crippen LogP contribution in [-0.2, 0) is 9.53 Å². The van der Waals surface area contributed by atoms with Crippen molar-refractivity contribution in [3.63, 3.8) is 0 Å². The summed E-state index contributed by atoms with van der Waals surface area (Å²) in [6.07, 6.45) is 4.83. The Balaban J connectivity index is 1.87. The Kier molecular flexibility index (Phi) is 3.97. The van der Waals surface area contributed by atoms with Crippen molar-refractivity contribution in [1.82, 2.24) is 10.2 Å². The van der Waals surface area contributed by atoms with Crippen molar-refractivity contribution >= 4 is 5.91 Å². The smallest absolute Gasteiger partial charge is 0.242 e. The highest BCUT2D eigenvalue weighted by Gasteiger charge is 2.26. The fourth-order valence-corrected chi connectivity index (χ4v) is 2.24. The van der Waals surface area contributed by atoms with Crippen LogP contribution in [0.25, 0.3) is 0 Å². The number of rotatable bonds is 1. The number of nitrogens with one attached hydrogen (secondary N) is 1. The number of morpholine rings is 1. The molecule has 1 amide bonds. The largest absolute Gasteiger partial charge is 0.378 e. The van der Waals surface area contributed by atoms with Crippen LogP contribution < -0.4 is 5.32 Å². The minimum atomic E-state index is -0.100. The van der Waals surface area contributed by atoms with E-state index in [-0.39, 0.29) is 11.9 Å². The van der Waals surface area contributed by atoms with Gasteiger partial charge in [-0.15, -0.1) is 0 Å². The Morgan fingerprint density at radius 1 is 1.20 bits per heavy atom. The van der Waals surface area contributed by atoms with Gasteiger partial charge in [-0.2, -0.15) is 0 Å². The van der Waals surface area contributed by atoms with Crippen molar-refractivity contribution in [1.29, 1.82) is 0 Å². The topological polar surface area (TPSA) is 41.6 Å². The summed E-state index contributed by atoms with van der Waals surface area (Å²) in [7, 11) is 0. The molecule has 0 unspecified atom stereocenters. The number of likely N-dealkylation sites (tertiary alicyclic amines) is 1. The predicted molar refractivity (Wildman–Crippen MR) is 57.7 cm³/mol. The summed E-state index contributed by atoms with van der Waals surface area (Å²) in [5, 5.41) is 3.22. The predicted octanol–water partition coefficient (Wildman–Crippen LogP) is 0.377. The molecule has 86 valence electrons. The minimum Gasteiger partial charge on any atom is -0.378 e. The molecule has 0 aromatic carbocycles. The van der Waals surface area contributed by atoms with Gasteiger partial charge in [0.2, 0.25) is 5.91 Å². The highest BCUT2D eigenvalue weighted by Crippen LogP contribution is 2.11. The normalized spacial score (nSPS) is 28.5. The molecule has 0 saturated carbocycles. The zero-order valence-corrected chi connectivity index (χ0v) is 9.21. The summed E-state index contributed by atoms with van der Waals surface area (Å²) in [4.78, 5) is 14.1. The fraction of sp³-hybridized carbons (Fsp3) is 0.909.